The molecule has 3 rings (SSSR count). The highest BCUT2D eigenvalue weighted by molar-refractivity contribution is 5.90. The highest BCUT2D eigenvalue weighted by Crippen LogP contribution is 2.35. The first-order valence-electron chi connectivity index (χ1n) is 8.57. The number of nitrogens with one attached hydrogen (secondary N) is 2. The van der Waals surface area contributed by atoms with E-state index in [9.17, 15) is 9.59 Å². The van der Waals surface area contributed by atoms with E-state index in [-0.39, 0.29) is 29.1 Å². The van der Waals surface area contributed by atoms with E-state index in [0.29, 0.717) is 38.7 Å². The van der Waals surface area contributed by atoms with Crippen molar-refractivity contribution < 1.29 is 19.1 Å². The lowest BCUT2D eigenvalue weighted by atomic mass is 9.88. The second-order valence-corrected chi connectivity index (χ2v) is 7.02. The lowest BCUT2D eigenvalue weighted by Gasteiger charge is -2.38. The van der Waals surface area contributed by atoms with Gasteiger partial charge in [-0.15, -0.1) is 5.10 Å². The number of carbonyl (C=O) groups is 2. The summed E-state index contributed by atoms with van der Waals surface area (Å²) in [7, 11) is 0. The van der Waals surface area contributed by atoms with Gasteiger partial charge in [-0.1, -0.05) is 0 Å². The Kier molecular flexibility index (Phi) is 5.05. The first-order chi connectivity index (χ1) is 11.9. The standard InChI is InChI=1S/C16H25N5O4/c1-10-18-13(20-19-10)14(22)17-8-11-4-5-21(16(11,2)3)15(23)12-9-24-6-7-25-12/h11-12H,4-9H2,1-3H3,(H,17,22)(H,18,19,20). The van der Waals surface area contributed by atoms with Crippen molar-refractivity contribution in [3.63, 3.8) is 0 Å². The molecule has 3 heterocycles. The number of rotatable bonds is 4. The Morgan fingerprint density at radius 1 is 1.40 bits per heavy atom. The van der Waals surface area contributed by atoms with Crippen LogP contribution in [0.25, 0.3) is 0 Å². The minimum absolute atomic E-state index is 0.0388. The summed E-state index contributed by atoms with van der Waals surface area (Å²) < 4.78 is 10.9. The largest absolute Gasteiger partial charge is 0.376 e. The molecule has 2 aliphatic heterocycles. The topological polar surface area (TPSA) is 109 Å². The Hall–Kier alpha value is -2.00. The molecule has 2 N–H and O–H groups in total. The van der Waals surface area contributed by atoms with Crippen LogP contribution in [-0.2, 0) is 14.3 Å². The van der Waals surface area contributed by atoms with Gasteiger partial charge in [0, 0.05) is 24.5 Å². The van der Waals surface area contributed by atoms with Gasteiger partial charge in [0.1, 0.15) is 5.82 Å². The molecule has 2 fully saturated rings. The van der Waals surface area contributed by atoms with Gasteiger partial charge >= 0.3 is 0 Å². The molecule has 25 heavy (non-hydrogen) atoms. The molecular weight excluding hydrogens is 326 g/mol. The minimum atomic E-state index is -0.530. The van der Waals surface area contributed by atoms with E-state index in [1.54, 1.807) is 6.92 Å². The van der Waals surface area contributed by atoms with E-state index in [2.05, 4.69) is 20.5 Å². The van der Waals surface area contributed by atoms with Crippen molar-refractivity contribution in [2.45, 2.75) is 38.8 Å². The normalized spacial score (nSPS) is 25.8. The zero-order chi connectivity index (χ0) is 18.0. The summed E-state index contributed by atoms with van der Waals surface area (Å²) in [6, 6.07) is 0. The highest BCUT2D eigenvalue weighted by atomic mass is 16.6. The lowest BCUT2D eigenvalue weighted by molar-refractivity contribution is -0.161. The third kappa shape index (κ3) is 3.67. The third-order valence-electron chi connectivity index (χ3n) is 5.06. The Morgan fingerprint density at radius 2 is 2.20 bits per heavy atom. The summed E-state index contributed by atoms with van der Waals surface area (Å²) in [5.74, 6) is 0.522. The molecule has 138 valence electrons. The molecule has 0 aromatic carbocycles. The fourth-order valence-corrected chi connectivity index (χ4v) is 3.44. The van der Waals surface area contributed by atoms with E-state index < -0.39 is 6.10 Å². The number of hydrogen-bond donors (Lipinski definition) is 2. The summed E-state index contributed by atoms with van der Waals surface area (Å²) in [5.41, 5.74) is -0.375. The fraction of sp³-hybridized carbons (Fsp3) is 0.750. The molecule has 0 spiro atoms. The maximum Gasteiger partial charge on any atom is 0.290 e. The van der Waals surface area contributed by atoms with Crippen LogP contribution < -0.4 is 5.32 Å². The summed E-state index contributed by atoms with van der Waals surface area (Å²) in [5, 5.41) is 9.38. The average Bonchev–Trinajstić information content (AvgIpc) is 3.16. The molecule has 9 nitrogen and oxygen atoms in total. The molecule has 1 aromatic rings. The zero-order valence-corrected chi connectivity index (χ0v) is 14.9. The number of aromatic amines is 1. The van der Waals surface area contributed by atoms with E-state index in [1.165, 1.54) is 0 Å². The predicted molar refractivity (Wildman–Crippen MR) is 87.9 cm³/mol. The van der Waals surface area contributed by atoms with Gasteiger partial charge in [0.05, 0.1) is 19.8 Å². The zero-order valence-electron chi connectivity index (χ0n) is 14.9. The first-order valence-corrected chi connectivity index (χ1v) is 8.57. The Balaban J connectivity index is 1.58. The van der Waals surface area contributed by atoms with Crippen molar-refractivity contribution in [2.75, 3.05) is 32.9 Å². The molecule has 0 bridgehead atoms. The van der Waals surface area contributed by atoms with Crippen LogP contribution in [0.15, 0.2) is 0 Å². The smallest absolute Gasteiger partial charge is 0.290 e. The van der Waals surface area contributed by atoms with Crippen LogP contribution in [0.3, 0.4) is 0 Å². The van der Waals surface area contributed by atoms with E-state index >= 15 is 0 Å². The highest BCUT2D eigenvalue weighted by Gasteiger charge is 2.45. The van der Waals surface area contributed by atoms with Crippen molar-refractivity contribution >= 4 is 11.8 Å². The summed E-state index contributed by atoms with van der Waals surface area (Å²) in [4.78, 5) is 30.7. The molecule has 2 atom stereocenters. The fourth-order valence-electron chi connectivity index (χ4n) is 3.44. The van der Waals surface area contributed by atoms with E-state index in [0.717, 1.165) is 6.42 Å². The van der Waals surface area contributed by atoms with Crippen LogP contribution in [-0.4, -0.2) is 76.4 Å². The van der Waals surface area contributed by atoms with Crippen molar-refractivity contribution in [1.29, 1.82) is 0 Å². The van der Waals surface area contributed by atoms with E-state index in [4.69, 9.17) is 9.47 Å². The van der Waals surface area contributed by atoms with Crippen LogP contribution >= 0.6 is 0 Å². The second kappa shape index (κ2) is 7.09. The predicted octanol–water partition coefficient (Wildman–Crippen LogP) is -0.115. The molecule has 1 aromatic heterocycles. The maximum absolute atomic E-state index is 12.7. The number of aryl methyl sites for hydroxylation is 1. The van der Waals surface area contributed by atoms with Crippen LogP contribution in [0, 0.1) is 12.8 Å². The van der Waals surface area contributed by atoms with Gasteiger partial charge in [0.2, 0.25) is 5.82 Å². The molecule has 0 aliphatic carbocycles. The number of aromatic nitrogens is 3. The van der Waals surface area contributed by atoms with Crippen LogP contribution in [0.4, 0.5) is 0 Å². The summed E-state index contributed by atoms with van der Waals surface area (Å²) in [6.07, 6.45) is 0.289. The molecule has 9 heteroatoms. The molecule has 0 radical (unpaired) electrons. The van der Waals surface area contributed by atoms with Gasteiger partial charge in [-0.05, 0) is 27.2 Å². The van der Waals surface area contributed by atoms with Gasteiger partial charge in [0.25, 0.3) is 11.8 Å². The number of nitrogens with zero attached hydrogens (tertiary/aromatic N) is 3. The maximum atomic E-state index is 12.7. The quantitative estimate of drug-likeness (QED) is 0.783. The van der Waals surface area contributed by atoms with Gasteiger partial charge in [-0.25, -0.2) is 4.98 Å². The number of carbonyl (C=O) groups excluding carboxylic acids is 2. The summed E-state index contributed by atoms with van der Waals surface area (Å²) in [6.45, 7) is 8.17. The SMILES string of the molecule is Cc1nc(C(=O)NCC2CCN(C(=O)C3COCCO3)C2(C)C)n[nH]1. The summed E-state index contributed by atoms with van der Waals surface area (Å²) >= 11 is 0. The van der Waals surface area contributed by atoms with Gasteiger partial charge < -0.3 is 19.7 Å². The second-order valence-electron chi connectivity index (χ2n) is 7.02. The van der Waals surface area contributed by atoms with Gasteiger partial charge in [-0.2, -0.15) is 0 Å². The first kappa shape index (κ1) is 17.8. The Labute approximate surface area is 146 Å². The van der Waals surface area contributed by atoms with Crippen molar-refractivity contribution in [2.24, 2.45) is 5.92 Å². The minimum Gasteiger partial charge on any atom is -0.376 e. The molecule has 2 saturated heterocycles. The van der Waals surface area contributed by atoms with Crippen molar-refractivity contribution in [3.8, 4) is 0 Å². The van der Waals surface area contributed by atoms with Gasteiger partial charge in [0.15, 0.2) is 6.10 Å². The number of hydrogen-bond acceptors (Lipinski definition) is 6. The number of ether oxygens (including phenoxy) is 2. The molecule has 2 unspecified atom stereocenters. The number of likely N-dealkylation sites (tertiary alicyclic amines) is 1. The van der Waals surface area contributed by atoms with Crippen LogP contribution in [0.2, 0.25) is 0 Å². The molecular formula is C16H25N5O4. The van der Waals surface area contributed by atoms with Crippen LogP contribution in [0.1, 0.15) is 36.7 Å². The molecule has 2 aliphatic rings. The van der Waals surface area contributed by atoms with E-state index in [1.807, 2.05) is 18.7 Å². The third-order valence-corrected chi connectivity index (χ3v) is 5.06. The lowest BCUT2D eigenvalue weighted by Crippen LogP contribution is -2.53. The number of amides is 2. The van der Waals surface area contributed by atoms with Crippen molar-refractivity contribution in [1.82, 2.24) is 25.4 Å². The van der Waals surface area contributed by atoms with Crippen LogP contribution in [0.5, 0.6) is 0 Å². The van der Waals surface area contributed by atoms with Gasteiger partial charge in [-0.3, -0.25) is 14.7 Å². The average molecular weight is 351 g/mol. The Bertz CT molecular complexity index is 638. The Morgan fingerprint density at radius 3 is 2.84 bits per heavy atom. The number of H-pyrrole nitrogens is 1. The molecule has 0 saturated carbocycles. The monoisotopic (exact) mass is 351 g/mol. The molecule has 2 amide bonds. The van der Waals surface area contributed by atoms with Crippen molar-refractivity contribution in [3.05, 3.63) is 11.6 Å².